The van der Waals surface area contributed by atoms with Crippen LogP contribution in [0.2, 0.25) is 0 Å². The summed E-state index contributed by atoms with van der Waals surface area (Å²) in [6.07, 6.45) is 3.44. The van der Waals surface area contributed by atoms with Crippen molar-refractivity contribution in [1.82, 2.24) is 5.16 Å². The van der Waals surface area contributed by atoms with Gasteiger partial charge in [-0.1, -0.05) is 10.3 Å². The van der Waals surface area contributed by atoms with Crippen LogP contribution in [-0.2, 0) is 11.3 Å². The topological polar surface area (TPSA) is 56.9 Å². The van der Waals surface area contributed by atoms with Crippen LogP contribution in [0, 0.1) is 20.8 Å². The molecule has 0 atom stereocenters. The van der Waals surface area contributed by atoms with Crippen molar-refractivity contribution in [2.45, 2.75) is 40.5 Å². The van der Waals surface area contributed by atoms with E-state index in [9.17, 15) is 0 Å². The maximum atomic E-state index is 5.94. The van der Waals surface area contributed by atoms with Gasteiger partial charge in [0, 0.05) is 12.5 Å². The number of oxime groups is 1. The Bertz CT molecular complexity index is 639. The lowest BCUT2D eigenvalue weighted by atomic mass is 10.1. The Labute approximate surface area is 137 Å². The highest BCUT2D eigenvalue weighted by atomic mass is 16.6. The molecule has 1 aromatic heterocycles. The van der Waals surface area contributed by atoms with Gasteiger partial charge in [-0.25, -0.2) is 0 Å². The van der Waals surface area contributed by atoms with Gasteiger partial charge in [0.15, 0.2) is 0 Å². The van der Waals surface area contributed by atoms with Crippen LogP contribution in [-0.4, -0.2) is 24.6 Å². The van der Waals surface area contributed by atoms with Gasteiger partial charge in [-0.15, -0.1) is 0 Å². The molecule has 0 aliphatic rings. The number of nitrogens with zero attached hydrogens (tertiary/aromatic N) is 2. The van der Waals surface area contributed by atoms with Gasteiger partial charge in [-0.05, 0) is 62.9 Å². The Balaban J connectivity index is 1.89. The zero-order valence-electron chi connectivity index (χ0n) is 14.3. The van der Waals surface area contributed by atoms with Crippen LogP contribution in [0.1, 0.15) is 41.5 Å². The molecule has 1 aromatic carbocycles. The molecule has 2 rings (SSSR count). The highest BCUT2D eigenvalue weighted by molar-refractivity contribution is 5.80. The van der Waals surface area contributed by atoms with E-state index in [1.54, 1.807) is 6.21 Å². The van der Waals surface area contributed by atoms with Crippen molar-refractivity contribution in [2.75, 3.05) is 13.2 Å². The number of benzene rings is 1. The molecule has 23 heavy (non-hydrogen) atoms. The Kier molecular flexibility index (Phi) is 6.20. The molecule has 0 fully saturated rings. The van der Waals surface area contributed by atoms with Crippen molar-refractivity contribution in [1.29, 1.82) is 0 Å². The molecule has 0 spiro atoms. The molecule has 0 aliphatic heterocycles. The minimum Gasteiger partial charge on any atom is -0.493 e. The van der Waals surface area contributed by atoms with Crippen LogP contribution in [0.15, 0.2) is 27.9 Å². The molecule has 1 heterocycles. The normalized spacial score (nSPS) is 11.1. The number of aryl methyl sites for hydroxylation is 4. The van der Waals surface area contributed by atoms with E-state index < -0.39 is 0 Å². The van der Waals surface area contributed by atoms with E-state index >= 15 is 0 Å². The third kappa shape index (κ3) is 5.13. The molecule has 5 nitrogen and oxygen atoms in total. The summed E-state index contributed by atoms with van der Waals surface area (Å²) in [6.45, 7) is 9.13. The summed E-state index contributed by atoms with van der Waals surface area (Å²) in [4.78, 5) is 4.99. The molecule has 0 saturated carbocycles. The van der Waals surface area contributed by atoms with Crippen molar-refractivity contribution < 1.29 is 14.1 Å². The van der Waals surface area contributed by atoms with Crippen molar-refractivity contribution in [3.05, 3.63) is 46.3 Å². The minimum atomic E-state index is 0.570. The van der Waals surface area contributed by atoms with E-state index in [0.29, 0.717) is 13.2 Å². The van der Waals surface area contributed by atoms with Crippen molar-refractivity contribution in [3.8, 4) is 5.75 Å². The first kappa shape index (κ1) is 17.1. The Morgan fingerprint density at radius 2 is 1.91 bits per heavy atom. The van der Waals surface area contributed by atoms with E-state index in [1.807, 2.05) is 45.9 Å². The lowest BCUT2D eigenvalue weighted by Gasteiger charge is -2.12. The monoisotopic (exact) mass is 316 g/mol. The Morgan fingerprint density at radius 1 is 1.17 bits per heavy atom. The number of ether oxygens (including phenoxy) is 1. The number of hydrogen-bond acceptors (Lipinski definition) is 5. The highest BCUT2D eigenvalue weighted by Crippen LogP contribution is 2.24. The minimum absolute atomic E-state index is 0.570. The van der Waals surface area contributed by atoms with E-state index in [2.05, 4.69) is 10.3 Å². The van der Waals surface area contributed by atoms with E-state index in [-0.39, 0.29) is 0 Å². The van der Waals surface area contributed by atoms with Crippen molar-refractivity contribution in [2.24, 2.45) is 5.16 Å². The number of aromatic nitrogens is 1. The van der Waals surface area contributed by atoms with Crippen LogP contribution in [0.5, 0.6) is 5.75 Å². The molecule has 0 bridgehead atoms. The highest BCUT2D eigenvalue weighted by Gasteiger charge is 2.07. The van der Waals surface area contributed by atoms with E-state index in [4.69, 9.17) is 14.1 Å². The fraction of sp³-hybridized carbons (Fsp3) is 0.444. The molecule has 124 valence electrons. The molecular weight excluding hydrogens is 292 g/mol. The quantitative estimate of drug-likeness (QED) is 0.420. The largest absolute Gasteiger partial charge is 0.493 e. The maximum Gasteiger partial charge on any atom is 0.137 e. The first-order chi connectivity index (χ1) is 11.1. The van der Waals surface area contributed by atoms with Crippen LogP contribution in [0.25, 0.3) is 0 Å². The van der Waals surface area contributed by atoms with Gasteiger partial charge in [-0.3, -0.25) is 0 Å². The van der Waals surface area contributed by atoms with Gasteiger partial charge in [-0.2, -0.15) is 0 Å². The molecule has 0 amide bonds. The summed E-state index contributed by atoms with van der Waals surface area (Å²) >= 11 is 0. The van der Waals surface area contributed by atoms with Crippen LogP contribution < -0.4 is 4.74 Å². The zero-order chi connectivity index (χ0) is 16.7. The van der Waals surface area contributed by atoms with E-state index in [1.165, 1.54) is 0 Å². The summed E-state index contributed by atoms with van der Waals surface area (Å²) in [5, 5.41) is 7.78. The number of hydrogen-bond donors (Lipinski definition) is 0. The second kappa shape index (κ2) is 8.36. The Hall–Kier alpha value is -2.30. The van der Waals surface area contributed by atoms with Crippen LogP contribution in [0.4, 0.5) is 0 Å². The summed E-state index contributed by atoms with van der Waals surface area (Å²) in [5.41, 5.74) is 4.12. The Morgan fingerprint density at radius 3 is 2.52 bits per heavy atom. The zero-order valence-corrected chi connectivity index (χ0v) is 14.3. The van der Waals surface area contributed by atoms with Gasteiger partial charge < -0.3 is 14.1 Å². The fourth-order valence-electron chi connectivity index (χ4n) is 2.41. The second-order valence-electron chi connectivity index (χ2n) is 5.52. The molecule has 0 unspecified atom stereocenters. The summed E-state index contributed by atoms with van der Waals surface area (Å²) < 4.78 is 11.1. The van der Waals surface area contributed by atoms with Gasteiger partial charge >= 0.3 is 0 Å². The molecule has 0 aliphatic carbocycles. The summed E-state index contributed by atoms with van der Waals surface area (Å²) in [5.74, 6) is 1.84. The predicted molar refractivity (Wildman–Crippen MR) is 90.2 cm³/mol. The van der Waals surface area contributed by atoms with Crippen LogP contribution in [0.3, 0.4) is 0 Å². The smallest absolute Gasteiger partial charge is 0.137 e. The third-order valence-corrected chi connectivity index (χ3v) is 3.38. The predicted octanol–water partition coefficient (Wildman–Crippen LogP) is 3.98. The first-order valence-electron chi connectivity index (χ1n) is 7.91. The van der Waals surface area contributed by atoms with Gasteiger partial charge in [0.1, 0.15) is 18.1 Å². The van der Waals surface area contributed by atoms with Crippen molar-refractivity contribution >= 4 is 6.21 Å². The molecule has 0 saturated heterocycles. The fourth-order valence-corrected chi connectivity index (χ4v) is 2.41. The SMILES string of the molecule is CCO/N=C/c1cc(C)c(OCCCc2cc(C)no2)c(C)c1. The van der Waals surface area contributed by atoms with Gasteiger partial charge in [0.25, 0.3) is 0 Å². The first-order valence-corrected chi connectivity index (χ1v) is 7.91. The molecule has 2 aromatic rings. The van der Waals surface area contributed by atoms with Gasteiger partial charge in [0.05, 0.1) is 18.5 Å². The second-order valence-corrected chi connectivity index (χ2v) is 5.52. The lowest BCUT2D eigenvalue weighted by Crippen LogP contribution is -2.03. The van der Waals surface area contributed by atoms with Gasteiger partial charge in [0.2, 0.25) is 0 Å². The standard InChI is InChI=1S/C18H24N2O3/c1-5-22-19-12-16-9-13(2)18(14(3)10-16)21-8-6-7-17-11-15(4)20-23-17/h9-12H,5-8H2,1-4H3/b19-12+. The van der Waals surface area contributed by atoms with Crippen LogP contribution >= 0.6 is 0 Å². The molecular formula is C18H24N2O3. The lowest BCUT2D eigenvalue weighted by molar-refractivity contribution is 0.160. The average Bonchev–Trinajstić information content (AvgIpc) is 2.91. The maximum absolute atomic E-state index is 5.94. The third-order valence-electron chi connectivity index (χ3n) is 3.38. The molecule has 0 radical (unpaired) electrons. The van der Waals surface area contributed by atoms with Crippen molar-refractivity contribution in [3.63, 3.8) is 0 Å². The molecule has 0 N–H and O–H groups in total. The number of rotatable bonds is 8. The molecule has 5 heteroatoms. The summed E-state index contributed by atoms with van der Waals surface area (Å²) in [6, 6.07) is 6.05. The van der Waals surface area contributed by atoms with E-state index in [0.717, 1.165) is 46.7 Å². The summed E-state index contributed by atoms with van der Waals surface area (Å²) in [7, 11) is 0. The average molecular weight is 316 g/mol.